The normalized spacial score (nSPS) is 24.4. The molecule has 7 heteroatoms. The molecule has 2 saturated heterocycles. The maximum absolute atomic E-state index is 12.7. The van der Waals surface area contributed by atoms with Crippen molar-refractivity contribution in [2.75, 3.05) is 31.1 Å². The molecule has 7 nitrogen and oxygen atoms in total. The molecule has 1 aromatic heterocycles. The molecule has 0 spiro atoms. The summed E-state index contributed by atoms with van der Waals surface area (Å²) in [4.78, 5) is 37.8. The summed E-state index contributed by atoms with van der Waals surface area (Å²) in [6.45, 7) is 3.14. The third-order valence-electron chi connectivity index (χ3n) is 6.23. The highest BCUT2D eigenvalue weighted by Crippen LogP contribution is 2.30. The van der Waals surface area contributed by atoms with E-state index in [0.29, 0.717) is 5.91 Å². The molecule has 0 aromatic carbocycles. The Morgan fingerprint density at radius 1 is 0.926 bits per heavy atom. The number of nitrogens with zero attached hydrogens (tertiary/aromatic N) is 4. The summed E-state index contributed by atoms with van der Waals surface area (Å²) in [7, 11) is 0. The van der Waals surface area contributed by atoms with E-state index >= 15 is 0 Å². The lowest BCUT2D eigenvalue weighted by Crippen LogP contribution is -2.51. The van der Waals surface area contributed by atoms with E-state index in [2.05, 4.69) is 20.2 Å². The lowest BCUT2D eigenvalue weighted by atomic mass is 9.83. The standard InChI is InChI=1S/C20H29N5O2/c26-18(15-7-12-24(13-8-15)19(27)16-4-1-5-16)23-17-6-2-11-25(14-17)20-21-9-3-10-22-20/h3,9-10,15-17H,1-2,4-8,11-14H2,(H,23,26). The summed E-state index contributed by atoms with van der Waals surface area (Å²) < 4.78 is 0. The van der Waals surface area contributed by atoms with Gasteiger partial charge in [-0.25, -0.2) is 9.97 Å². The highest BCUT2D eigenvalue weighted by molar-refractivity contribution is 5.81. The lowest BCUT2D eigenvalue weighted by Gasteiger charge is -2.37. The predicted molar refractivity (Wildman–Crippen MR) is 102 cm³/mol. The van der Waals surface area contributed by atoms with Crippen molar-refractivity contribution in [3.63, 3.8) is 0 Å². The van der Waals surface area contributed by atoms with Gasteiger partial charge < -0.3 is 15.1 Å². The smallest absolute Gasteiger partial charge is 0.225 e. The van der Waals surface area contributed by atoms with Crippen LogP contribution in [-0.4, -0.2) is 58.9 Å². The third-order valence-corrected chi connectivity index (χ3v) is 6.23. The summed E-state index contributed by atoms with van der Waals surface area (Å²) >= 11 is 0. The van der Waals surface area contributed by atoms with Crippen molar-refractivity contribution in [3.05, 3.63) is 18.5 Å². The first kappa shape index (κ1) is 18.2. The van der Waals surface area contributed by atoms with Gasteiger partial charge in [0, 0.05) is 56.5 Å². The van der Waals surface area contributed by atoms with Gasteiger partial charge in [-0.15, -0.1) is 0 Å². The minimum Gasteiger partial charge on any atom is -0.351 e. The predicted octanol–water partition coefficient (Wildman–Crippen LogP) is 1.60. The molecule has 2 amide bonds. The SMILES string of the molecule is O=C(NC1CCCN(c2ncccn2)C1)C1CCN(C(=O)C2CCC2)CC1. The van der Waals surface area contributed by atoms with Gasteiger partial charge in [0.05, 0.1) is 0 Å². The van der Waals surface area contributed by atoms with Crippen molar-refractivity contribution in [2.45, 2.75) is 51.0 Å². The number of carbonyl (C=O) groups is 2. The highest BCUT2D eigenvalue weighted by Gasteiger charge is 2.34. The third kappa shape index (κ3) is 4.22. The van der Waals surface area contributed by atoms with E-state index in [9.17, 15) is 9.59 Å². The molecule has 3 heterocycles. The second-order valence-corrected chi connectivity index (χ2v) is 8.07. The molecule has 0 radical (unpaired) electrons. The summed E-state index contributed by atoms with van der Waals surface area (Å²) in [6.07, 6.45) is 10.4. The number of piperidine rings is 2. The topological polar surface area (TPSA) is 78.4 Å². The quantitative estimate of drug-likeness (QED) is 0.870. The second-order valence-electron chi connectivity index (χ2n) is 8.07. The van der Waals surface area contributed by atoms with Gasteiger partial charge >= 0.3 is 0 Å². The molecule has 1 atom stereocenters. The van der Waals surface area contributed by atoms with Gasteiger partial charge in [0.1, 0.15) is 0 Å². The summed E-state index contributed by atoms with van der Waals surface area (Å²) in [5.74, 6) is 1.47. The van der Waals surface area contributed by atoms with Crippen LogP contribution in [-0.2, 0) is 9.59 Å². The van der Waals surface area contributed by atoms with Crippen molar-refractivity contribution in [1.29, 1.82) is 0 Å². The minimum atomic E-state index is 0.0267. The first-order chi connectivity index (χ1) is 13.2. The molecular formula is C20H29N5O2. The Kier molecular flexibility index (Phi) is 5.55. The van der Waals surface area contributed by atoms with Crippen LogP contribution in [0.1, 0.15) is 44.9 Å². The minimum absolute atomic E-state index is 0.0267. The molecular weight excluding hydrogens is 342 g/mol. The van der Waals surface area contributed by atoms with Crippen LogP contribution in [0.25, 0.3) is 0 Å². The molecule has 3 fully saturated rings. The number of hydrogen-bond donors (Lipinski definition) is 1. The first-order valence-corrected chi connectivity index (χ1v) is 10.3. The Bertz CT molecular complexity index is 656. The van der Waals surface area contributed by atoms with Crippen LogP contribution in [0.5, 0.6) is 0 Å². The molecule has 2 aliphatic heterocycles. The van der Waals surface area contributed by atoms with Crippen molar-refractivity contribution >= 4 is 17.8 Å². The number of hydrogen-bond acceptors (Lipinski definition) is 5. The molecule has 1 unspecified atom stereocenters. The van der Waals surface area contributed by atoms with E-state index in [0.717, 1.165) is 70.7 Å². The van der Waals surface area contributed by atoms with Crippen molar-refractivity contribution < 1.29 is 9.59 Å². The van der Waals surface area contributed by atoms with Gasteiger partial charge in [-0.3, -0.25) is 9.59 Å². The molecule has 1 aliphatic carbocycles. The highest BCUT2D eigenvalue weighted by atomic mass is 16.2. The molecule has 146 valence electrons. The number of likely N-dealkylation sites (tertiary alicyclic amines) is 1. The summed E-state index contributed by atoms with van der Waals surface area (Å²) in [6, 6.07) is 1.96. The van der Waals surface area contributed by atoms with Crippen LogP contribution < -0.4 is 10.2 Å². The monoisotopic (exact) mass is 371 g/mol. The number of aromatic nitrogens is 2. The van der Waals surface area contributed by atoms with Crippen molar-refractivity contribution in [3.8, 4) is 0 Å². The van der Waals surface area contributed by atoms with Gasteiger partial charge in [0.25, 0.3) is 0 Å². The Hall–Kier alpha value is -2.18. The Morgan fingerprint density at radius 2 is 1.67 bits per heavy atom. The molecule has 27 heavy (non-hydrogen) atoms. The van der Waals surface area contributed by atoms with Crippen LogP contribution in [0.15, 0.2) is 18.5 Å². The molecule has 0 bridgehead atoms. The Morgan fingerprint density at radius 3 is 2.33 bits per heavy atom. The zero-order valence-corrected chi connectivity index (χ0v) is 15.8. The zero-order chi connectivity index (χ0) is 18.6. The Balaban J connectivity index is 1.25. The van der Waals surface area contributed by atoms with Crippen LogP contribution in [0.4, 0.5) is 5.95 Å². The van der Waals surface area contributed by atoms with E-state index in [1.807, 2.05) is 11.0 Å². The van der Waals surface area contributed by atoms with Crippen LogP contribution in [0.3, 0.4) is 0 Å². The maximum atomic E-state index is 12.7. The molecule has 4 rings (SSSR count). The Labute approximate surface area is 160 Å². The summed E-state index contributed by atoms with van der Waals surface area (Å²) in [5, 5.41) is 3.24. The van der Waals surface area contributed by atoms with Gasteiger partial charge in [0.2, 0.25) is 17.8 Å². The number of nitrogens with one attached hydrogen (secondary N) is 1. The van der Waals surface area contributed by atoms with E-state index < -0.39 is 0 Å². The zero-order valence-electron chi connectivity index (χ0n) is 15.8. The van der Waals surface area contributed by atoms with Crippen molar-refractivity contribution in [2.24, 2.45) is 11.8 Å². The number of rotatable bonds is 4. The maximum Gasteiger partial charge on any atom is 0.225 e. The van der Waals surface area contributed by atoms with Crippen LogP contribution >= 0.6 is 0 Å². The number of amides is 2. The van der Waals surface area contributed by atoms with Gasteiger partial charge in [-0.05, 0) is 44.6 Å². The van der Waals surface area contributed by atoms with Gasteiger partial charge in [-0.1, -0.05) is 6.42 Å². The molecule has 1 N–H and O–H groups in total. The van der Waals surface area contributed by atoms with E-state index in [1.54, 1.807) is 12.4 Å². The lowest BCUT2D eigenvalue weighted by molar-refractivity contribution is -0.141. The second kappa shape index (κ2) is 8.23. The fourth-order valence-corrected chi connectivity index (χ4v) is 4.33. The van der Waals surface area contributed by atoms with Crippen LogP contribution in [0.2, 0.25) is 0 Å². The fraction of sp³-hybridized carbons (Fsp3) is 0.700. The fourth-order valence-electron chi connectivity index (χ4n) is 4.33. The van der Waals surface area contributed by atoms with Gasteiger partial charge in [-0.2, -0.15) is 0 Å². The van der Waals surface area contributed by atoms with Crippen LogP contribution in [0, 0.1) is 11.8 Å². The van der Waals surface area contributed by atoms with E-state index in [4.69, 9.17) is 0 Å². The average molecular weight is 371 g/mol. The van der Waals surface area contributed by atoms with E-state index in [-0.39, 0.29) is 23.8 Å². The van der Waals surface area contributed by atoms with Crippen molar-refractivity contribution in [1.82, 2.24) is 20.2 Å². The summed E-state index contributed by atoms with van der Waals surface area (Å²) in [5.41, 5.74) is 0. The number of anilines is 1. The molecule has 3 aliphatic rings. The number of carbonyl (C=O) groups excluding carboxylic acids is 2. The van der Waals surface area contributed by atoms with E-state index in [1.165, 1.54) is 6.42 Å². The first-order valence-electron chi connectivity index (χ1n) is 10.3. The molecule has 1 saturated carbocycles. The van der Waals surface area contributed by atoms with Gasteiger partial charge in [0.15, 0.2) is 0 Å². The molecule has 1 aromatic rings. The average Bonchev–Trinajstić information content (AvgIpc) is 2.67. The largest absolute Gasteiger partial charge is 0.351 e.